The van der Waals surface area contributed by atoms with Crippen LogP contribution in [0, 0.1) is 0 Å². The van der Waals surface area contributed by atoms with Crippen LogP contribution in [-0.4, -0.2) is 33.6 Å². The predicted octanol–water partition coefficient (Wildman–Crippen LogP) is -0.0353. The van der Waals surface area contributed by atoms with Gasteiger partial charge in [0.1, 0.15) is 12.4 Å². The number of nitrogens with one attached hydrogen (secondary N) is 1. The van der Waals surface area contributed by atoms with Gasteiger partial charge in [0, 0.05) is 5.69 Å². The fraction of sp³-hybridized carbons (Fsp3) is 0.300. The number of carbonyl (C=O) groups is 1. The average Bonchev–Trinajstić information content (AvgIpc) is 2.25. The Morgan fingerprint density at radius 1 is 1.35 bits per heavy atom. The maximum Gasteiger partial charge on any atom is 0.229 e. The summed E-state index contributed by atoms with van der Waals surface area (Å²) < 4.78 is 29.3. The van der Waals surface area contributed by atoms with Gasteiger partial charge < -0.3 is 10.5 Å². The minimum atomic E-state index is -3.28. The molecule has 0 saturated carbocycles. The average molecular weight is 258 g/mol. The van der Waals surface area contributed by atoms with Gasteiger partial charge in [0.25, 0.3) is 0 Å². The van der Waals surface area contributed by atoms with Crippen molar-refractivity contribution in [3.8, 4) is 5.75 Å². The summed E-state index contributed by atoms with van der Waals surface area (Å²) >= 11 is 0. The molecule has 0 unspecified atom stereocenters. The smallest absolute Gasteiger partial charge is 0.229 e. The summed E-state index contributed by atoms with van der Waals surface area (Å²) in [7, 11) is -3.28. The lowest BCUT2D eigenvalue weighted by Gasteiger charge is -2.06. The van der Waals surface area contributed by atoms with Crippen LogP contribution in [-0.2, 0) is 14.8 Å². The van der Waals surface area contributed by atoms with Crippen LogP contribution < -0.4 is 15.2 Å². The second-order valence-electron chi connectivity index (χ2n) is 3.43. The zero-order chi connectivity index (χ0) is 12.9. The van der Waals surface area contributed by atoms with Crippen LogP contribution >= 0.6 is 0 Å². The van der Waals surface area contributed by atoms with Crippen molar-refractivity contribution in [3.05, 3.63) is 24.3 Å². The molecule has 1 rings (SSSR count). The Labute approximate surface area is 99.8 Å². The molecular formula is C10H14N2O4S. The minimum Gasteiger partial charge on any atom is -0.486 e. The largest absolute Gasteiger partial charge is 0.486 e. The van der Waals surface area contributed by atoms with Crippen molar-refractivity contribution < 1.29 is 17.9 Å². The monoisotopic (exact) mass is 258 g/mol. The maximum absolute atomic E-state index is 10.9. The number of sulfonamides is 1. The van der Waals surface area contributed by atoms with Crippen molar-refractivity contribution in [2.45, 2.75) is 0 Å². The van der Waals surface area contributed by atoms with Crippen LogP contribution in [0.5, 0.6) is 5.75 Å². The Morgan fingerprint density at radius 2 is 1.94 bits per heavy atom. The van der Waals surface area contributed by atoms with Crippen molar-refractivity contribution in [2.75, 3.05) is 24.1 Å². The van der Waals surface area contributed by atoms with Gasteiger partial charge in [0.05, 0.1) is 12.8 Å². The summed E-state index contributed by atoms with van der Waals surface area (Å²) in [6, 6.07) is 6.22. The third-order valence-electron chi connectivity index (χ3n) is 1.79. The van der Waals surface area contributed by atoms with Gasteiger partial charge in [-0.15, -0.1) is 0 Å². The highest BCUT2D eigenvalue weighted by Crippen LogP contribution is 2.16. The molecule has 7 heteroatoms. The third-order valence-corrected chi connectivity index (χ3v) is 2.39. The van der Waals surface area contributed by atoms with E-state index in [1.165, 1.54) is 0 Å². The molecule has 0 saturated heterocycles. The lowest BCUT2D eigenvalue weighted by atomic mass is 10.3. The van der Waals surface area contributed by atoms with E-state index in [2.05, 4.69) is 4.72 Å². The molecule has 0 fully saturated rings. The molecule has 0 atom stereocenters. The summed E-state index contributed by atoms with van der Waals surface area (Å²) in [4.78, 5) is 10.9. The quantitative estimate of drug-likeness (QED) is 0.746. The van der Waals surface area contributed by atoms with Crippen molar-refractivity contribution in [3.63, 3.8) is 0 Å². The molecule has 0 aliphatic rings. The lowest BCUT2D eigenvalue weighted by molar-refractivity contribution is -0.119. The van der Waals surface area contributed by atoms with E-state index in [4.69, 9.17) is 10.5 Å². The first kappa shape index (κ1) is 13.5. The van der Waals surface area contributed by atoms with E-state index in [0.29, 0.717) is 11.4 Å². The standard InChI is InChI=1S/C10H14N2O4S/c1-17(14,15)12-8-2-4-10(5-3-8)16-7-9(13)6-11/h2-5,12H,6-7,11H2,1H3. The first-order chi connectivity index (χ1) is 7.90. The number of nitrogens with two attached hydrogens (primary N) is 1. The SMILES string of the molecule is CS(=O)(=O)Nc1ccc(OCC(=O)CN)cc1. The summed E-state index contributed by atoms with van der Waals surface area (Å²) in [6.45, 7) is -0.150. The molecule has 0 aliphatic carbocycles. The Balaban J connectivity index is 2.59. The van der Waals surface area contributed by atoms with Crippen LogP contribution in [0.3, 0.4) is 0 Å². The van der Waals surface area contributed by atoms with Crippen molar-refractivity contribution in [2.24, 2.45) is 5.73 Å². The number of carbonyl (C=O) groups excluding carboxylic acids is 1. The van der Waals surface area contributed by atoms with E-state index < -0.39 is 10.0 Å². The fourth-order valence-corrected chi connectivity index (χ4v) is 1.62. The second kappa shape index (κ2) is 5.65. The van der Waals surface area contributed by atoms with Crippen molar-refractivity contribution in [1.82, 2.24) is 0 Å². The zero-order valence-electron chi connectivity index (χ0n) is 9.34. The normalized spacial score (nSPS) is 10.9. The van der Waals surface area contributed by atoms with Crippen LogP contribution in [0.4, 0.5) is 5.69 Å². The van der Waals surface area contributed by atoms with E-state index >= 15 is 0 Å². The van der Waals surface area contributed by atoms with Crippen molar-refractivity contribution >= 4 is 21.5 Å². The summed E-state index contributed by atoms with van der Waals surface area (Å²) in [5.41, 5.74) is 5.56. The Bertz CT molecular complexity index is 482. The van der Waals surface area contributed by atoms with Crippen LogP contribution in [0.1, 0.15) is 0 Å². The van der Waals surface area contributed by atoms with E-state index in [1.54, 1.807) is 24.3 Å². The van der Waals surface area contributed by atoms with Gasteiger partial charge in [0.15, 0.2) is 5.78 Å². The first-order valence-electron chi connectivity index (χ1n) is 4.83. The zero-order valence-corrected chi connectivity index (χ0v) is 10.2. The predicted molar refractivity (Wildman–Crippen MR) is 64.5 cm³/mol. The van der Waals surface area contributed by atoms with E-state index in [1.807, 2.05) is 0 Å². The van der Waals surface area contributed by atoms with Gasteiger partial charge in [-0.2, -0.15) is 0 Å². The number of Topliss-reactive ketones (excluding diaryl/α,β-unsaturated/α-hetero) is 1. The number of hydrogen-bond acceptors (Lipinski definition) is 5. The molecule has 0 spiro atoms. The molecule has 0 radical (unpaired) electrons. The molecule has 1 aromatic rings. The molecule has 94 valence electrons. The minimum absolute atomic E-state index is 0.0618. The Morgan fingerprint density at radius 3 is 2.41 bits per heavy atom. The highest BCUT2D eigenvalue weighted by molar-refractivity contribution is 7.92. The number of hydrogen-bond donors (Lipinski definition) is 2. The number of benzene rings is 1. The number of ether oxygens (including phenoxy) is 1. The van der Waals surface area contributed by atoms with Crippen LogP contribution in [0.15, 0.2) is 24.3 Å². The van der Waals surface area contributed by atoms with Crippen molar-refractivity contribution in [1.29, 1.82) is 0 Å². The molecule has 0 aliphatic heterocycles. The van der Waals surface area contributed by atoms with Gasteiger partial charge in [-0.25, -0.2) is 8.42 Å². The van der Waals surface area contributed by atoms with E-state index in [9.17, 15) is 13.2 Å². The van der Waals surface area contributed by atoms with Gasteiger partial charge >= 0.3 is 0 Å². The van der Waals surface area contributed by atoms with Gasteiger partial charge in [-0.3, -0.25) is 9.52 Å². The summed E-state index contributed by atoms with van der Waals surface area (Å²) in [5, 5.41) is 0. The van der Waals surface area contributed by atoms with E-state index in [0.717, 1.165) is 6.26 Å². The fourth-order valence-electron chi connectivity index (χ4n) is 1.06. The van der Waals surface area contributed by atoms with Crippen LogP contribution in [0.25, 0.3) is 0 Å². The topological polar surface area (TPSA) is 98.5 Å². The molecule has 0 amide bonds. The molecule has 1 aromatic carbocycles. The summed E-state index contributed by atoms with van der Waals surface area (Å²) in [6.07, 6.45) is 1.07. The molecule has 0 bridgehead atoms. The molecule has 0 heterocycles. The van der Waals surface area contributed by atoms with Gasteiger partial charge in [-0.05, 0) is 24.3 Å². The molecule has 6 nitrogen and oxygen atoms in total. The molecule has 3 N–H and O–H groups in total. The number of rotatable bonds is 6. The maximum atomic E-state index is 10.9. The highest BCUT2D eigenvalue weighted by Gasteiger charge is 2.03. The number of ketones is 1. The molecular weight excluding hydrogens is 244 g/mol. The van der Waals surface area contributed by atoms with Gasteiger partial charge in [-0.1, -0.05) is 0 Å². The summed E-state index contributed by atoms with van der Waals surface area (Å²) in [5.74, 6) is 0.272. The highest BCUT2D eigenvalue weighted by atomic mass is 32.2. The lowest BCUT2D eigenvalue weighted by Crippen LogP contribution is -2.20. The molecule has 0 aromatic heterocycles. The Hall–Kier alpha value is -1.60. The third kappa shape index (κ3) is 5.32. The second-order valence-corrected chi connectivity index (χ2v) is 5.18. The number of anilines is 1. The van der Waals surface area contributed by atoms with Gasteiger partial charge in [0.2, 0.25) is 10.0 Å². The first-order valence-corrected chi connectivity index (χ1v) is 6.72. The Kier molecular flexibility index (Phi) is 4.47. The van der Waals surface area contributed by atoms with E-state index in [-0.39, 0.29) is 18.9 Å². The molecule has 17 heavy (non-hydrogen) atoms. The van der Waals surface area contributed by atoms with Crippen LogP contribution in [0.2, 0.25) is 0 Å².